The molecule has 1 saturated carbocycles. The Labute approximate surface area is 275 Å². The van der Waals surface area contributed by atoms with E-state index in [0.717, 1.165) is 56.9 Å². The van der Waals surface area contributed by atoms with Crippen LogP contribution in [0.1, 0.15) is 69.8 Å². The van der Waals surface area contributed by atoms with Crippen molar-refractivity contribution in [3.63, 3.8) is 0 Å². The van der Waals surface area contributed by atoms with Gasteiger partial charge in [-0.15, -0.1) is 24.9 Å². The number of likely N-dealkylation sites (tertiary alicyclic amines) is 1. The smallest absolute Gasteiger partial charge is 0.247 e. The van der Waals surface area contributed by atoms with E-state index >= 15 is 0 Å². The first-order chi connectivity index (χ1) is 21.4. The second-order valence-corrected chi connectivity index (χ2v) is 15.6. The van der Waals surface area contributed by atoms with Crippen molar-refractivity contribution in [1.82, 2.24) is 14.7 Å². The number of rotatable bonds is 15. The SMILES string of the molecule is C=CCN(Cc1ccccc1)C(=O)[C@H]1[C@@H]2SC3(CC2Br)C(C(=O)N(CC=C)C2CCCCC2)N(CCCCCCO)C(=O)[C@H]13. The number of fused-ring (bicyclic) bond motifs is 1. The molecule has 2 bridgehead atoms. The van der Waals surface area contributed by atoms with E-state index in [2.05, 4.69) is 29.1 Å². The highest BCUT2D eigenvalue weighted by atomic mass is 79.9. The van der Waals surface area contributed by atoms with Gasteiger partial charge in [0, 0.05) is 48.9 Å². The summed E-state index contributed by atoms with van der Waals surface area (Å²) in [5.41, 5.74) is 1.03. The molecule has 0 aromatic heterocycles. The summed E-state index contributed by atoms with van der Waals surface area (Å²) < 4.78 is -0.654. The zero-order valence-electron chi connectivity index (χ0n) is 25.8. The van der Waals surface area contributed by atoms with E-state index in [1.165, 1.54) is 6.42 Å². The molecular formula is C35H48BrN3O4S. The van der Waals surface area contributed by atoms with Gasteiger partial charge >= 0.3 is 0 Å². The summed E-state index contributed by atoms with van der Waals surface area (Å²) in [5.74, 6) is -1.09. The summed E-state index contributed by atoms with van der Waals surface area (Å²) in [7, 11) is 0. The van der Waals surface area contributed by atoms with Gasteiger partial charge in [0.25, 0.3) is 0 Å². The van der Waals surface area contributed by atoms with E-state index in [-0.39, 0.29) is 40.4 Å². The van der Waals surface area contributed by atoms with Gasteiger partial charge in [-0.2, -0.15) is 0 Å². The number of nitrogens with zero attached hydrogens (tertiary/aromatic N) is 3. The highest BCUT2D eigenvalue weighted by molar-refractivity contribution is 9.09. The monoisotopic (exact) mass is 685 g/mol. The topological polar surface area (TPSA) is 81.2 Å². The summed E-state index contributed by atoms with van der Waals surface area (Å²) in [4.78, 5) is 49.7. The van der Waals surface area contributed by atoms with E-state index in [1.807, 2.05) is 51.1 Å². The van der Waals surface area contributed by atoms with Gasteiger partial charge in [-0.25, -0.2) is 0 Å². The fourth-order valence-electron chi connectivity index (χ4n) is 8.19. The molecule has 0 radical (unpaired) electrons. The first-order valence-electron chi connectivity index (χ1n) is 16.5. The van der Waals surface area contributed by atoms with Crippen molar-refractivity contribution in [3.05, 3.63) is 61.2 Å². The van der Waals surface area contributed by atoms with Crippen LogP contribution in [0.4, 0.5) is 0 Å². The second kappa shape index (κ2) is 15.0. The lowest BCUT2D eigenvalue weighted by Gasteiger charge is -2.41. The Bertz CT molecular complexity index is 1190. The molecule has 9 heteroatoms. The minimum absolute atomic E-state index is 0.0243. The Balaban J connectivity index is 1.49. The quantitative estimate of drug-likeness (QED) is 0.148. The molecule has 7 nitrogen and oxygen atoms in total. The molecule has 3 unspecified atom stereocenters. The standard InChI is InChI=1S/C35H48BrN3O4S/c1-3-19-37(24-25-15-9-7-10-16-25)32(41)28-29-33(42)39(21-13-5-6-14-22-40)31(35(29)23-27(36)30(28)44-35)34(43)38(20-4-2)26-17-11-8-12-18-26/h3-4,7,9-10,15-16,26-31,40H,1-2,5-6,8,11-14,17-24H2/t27?,28-,29+,30-,31?,35?/m1/s1. The second-order valence-electron chi connectivity index (χ2n) is 12.9. The van der Waals surface area contributed by atoms with Crippen LogP contribution in [0.5, 0.6) is 0 Å². The highest BCUT2D eigenvalue weighted by Crippen LogP contribution is 2.68. The summed E-state index contributed by atoms with van der Waals surface area (Å²) in [6.07, 6.45) is 12.9. The molecule has 1 aliphatic carbocycles. The molecule has 1 N–H and O–H groups in total. The lowest BCUT2D eigenvalue weighted by molar-refractivity contribution is -0.145. The molecule has 4 fully saturated rings. The lowest BCUT2D eigenvalue weighted by atomic mass is 9.70. The first-order valence-corrected chi connectivity index (χ1v) is 18.3. The largest absolute Gasteiger partial charge is 0.396 e. The maximum Gasteiger partial charge on any atom is 0.247 e. The number of halogens is 1. The predicted molar refractivity (Wildman–Crippen MR) is 180 cm³/mol. The highest BCUT2D eigenvalue weighted by Gasteiger charge is 2.76. The number of carbonyl (C=O) groups is 3. The third kappa shape index (κ3) is 6.43. The van der Waals surface area contributed by atoms with Gasteiger partial charge in [0.05, 0.1) is 16.6 Å². The maximum absolute atomic E-state index is 14.8. The molecule has 3 aliphatic heterocycles. The molecule has 44 heavy (non-hydrogen) atoms. The summed E-state index contributed by atoms with van der Waals surface area (Å²) in [6, 6.07) is 9.49. The third-order valence-corrected chi connectivity index (χ3v) is 13.3. The number of thioether (sulfide) groups is 1. The molecule has 5 rings (SSSR count). The maximum atomic E-state index is 14.8. The molecule has 3 heterocycles. The van der Waals surface area contributed by atoms with Crippen LogP contribution < -0.4 is 0 Å². The van der Waals surface area contributed by atoms with Crippen molar-refractivity contribution in [3.8, 4) is 0 Å². The number of hydrogen-bond acceptors (Lipinski definition) is 5. The van der Waals surface area contributed by atoms with Crippen LogP contribution in [-0.2, 0) is 20.9 Å². The molecule has 6 atom stereocenters. The van der Waals surface area contributed by atoms with Gasteiger partial charge in [0.1, 0.15) is 6.04 Å². The van der Waals surface area contributed by atoms with Crippen molar-refractivity contribution in [2.45, 2.75) is 97.7 Å². The number of aliphatic hydroxyl groups is 1. The normalized spacial score (nSPS) is 29.5. The molecule has 1 aromatic carbocycles. The van der Waals surface area contributed by atoms with E-state index in [4.69, 9.17) is 0 Å². The number of benzene rings is 1. The van der Waals surface area contributed by atoms with Crippen molar-refractivity contribution < 1.29 is 19.5 Å². The number of alkyl halides is 1. The Morgan fingerprint density at radius 2 is 1.73 bits per heavy atom. The average Bonchev–Trinajstić information content (AvgIpc) is 3.63. The Morgan fingerprint density at radius 1 is 1.02 bits per heavy atom. The van der Waals surface area contributed by atoms with Gasteiger partial charge in [-0.1, -0.05) is 90.5 Å². The van der Waals surface area contributed by atoms with Crippen molar-refractivity contribution in [2.75, 3.05) is 26.2 Å². The first kappa shape index (κ1) is 33.3. The fourth-order valence-corrected chi connectivity index (χ4v) is 11.8. The lowest BCUT2D eigenvalue weighted by Crippen LogP contribution is -2.57. The molecule has 1 aromatic rings. The van der Waals surface area contributed by atoms with Gasteiger partial charge in [-0.3, -0.25) is 14.4 Å². The zero-order valence-corrected chi connectivity index (χ0v) is 28.2. The molecule has 4 aliphatic rings. The minimum atomic E-state index is -0.654. The van der Waals surface area contributed by atoms with E-state index < -0.39 is 22.6 Å². The average molecular weight is 687 g/mol. The van der Waals surface area contributed by atoms with E-state index in [9.17, 15) is 19.5 Å². The van der Waals surface area contributed by atoms with Crippen LogP contribution in [0.15, 0.2) is 55.6 Å². The minimum Gasteiger partial charge on any atom is -0.396 e. The Kier molecular flexibility index (Phi) is 11.3. The number of unbranched alkanes of at least 4 members (excludes halogenated alkanes) is 3. The van der Waals surface area contributed by atoms with Gasteiger partial charge in [0.2, 0.25) is 17.7 Å². The van der Waals surface area contributed by atoms with Gasteiger partial charge < -0.3 is 19.8 Å². The van der Waals surface area contributed by atoms with Crippen LogP contribution in [0.2, 0.25) is 0 Å². The molecule has 3 saturated heterocycles. The van der Waals surface area contributed by atoms with Gasteiger partial charge in [-0.05, 0) is 37.7 Å². The number of hydrogen-bond donors (Lipinski definition) is 1. The summed E-state index contributed by atoms with van der Waals surface area (Å²) in [6.45, 7) is 9.87. The Hall–Kier alpha value is -2.10. The number of aliphatic hydroxyl groups excluding tert-OH is 1. The van der Waals surface area contributed by atoms with Crippen LogP contribution in [-0.4, -0.2) is 90.7 Å². The number of amides is 3. The van der Waals surface area contributed by atoms with Crippen LogP contribution in [0.25, 0.3) is 0 Å². The van der Waals surface area contributed by atoms with E-state index in [1.54, 1.807) is 17.8 Å². The van der Waals surface area contributed by atoms with Gasteiger partial charge in [0.15, 0.2) is 0 Å². The third-order valence-electron chi connectivity index (χ3n) is 10.1. The molecule has 3 amide bonds. The predicted octanol–water partition coefficient (Wildman–Crippen LogP) is 5.57. The fraction of sp³-hybridized carbons (Fsp3) is 0.629. The van der Waals surface area contributed by atoms with Crippen molar-refractivity contribution >= 4 is 45.4 Å². The Morgan fingerprint density at radius 3 is 2.41 bits per heavy atom. The van der Waals surface area contributed by atoms with Crippen LogP contribution in [0, 0.1) is 11.8 Å². The van der Waals surface area contributed by atoms with Crippen LogP contribution in [0.3, 0.4) is 0 Å². The van der Waals surface area contributed by atoms with Crippen molar-refractivity contribution in [1.29, 1.82) is 0 Å². The molecule has 1 spiro atoms. The van der Waals surface area contributed by atoms with Crippen LogP contribution >= 0.6 is 27.7 Å². The van der Waals surface area contributed by atoms with Crippen molar-refractivity contribution in [2.24, 2.45) is 11.8 Å². The van der Waals surface area contributed by atoms with E-state index in [0.29, 0.717) is 32.6 Å². The summed E-state index contributed by atoms with van der Waals surface area (Å²) >= 11 is 5.65. The zero-order chi connectivity index (χ0) is 31.3. The number of carbonyl (C=O) groups excluding carboxylic acids is 3. The summed E-state index contributed by atoms with van der Waals surface area (Å²) in [5, 5.41) is 9.18. The molecular weight excluding hydrogens is 638 g/mol. The molecule has 240 valence electrons.